The molecule has 0 fully saturated rings. The van der Waals surface area contributed by atoms with Crippen LogP contribution in [0.4, 0.5) is 0 Å². The van der Waals surface area contributed by atoms with Crippen LogP contribution in [-0.4, -0.2) is 33.7 Å². The van der Waals surface area contributed by atoms with E-state index in [1.807, 2.05) is 42.5 Å². The van der Waals surface area contributed by atoms with Gasteiger partial charge in [0.05, 0.1) is 32.5 Å². The summed E-state index contributed by atoms with van der Waals surface area (Å²) in [6, 6.07) is 18.1. The van der Waals surface area contributed by atoms with Crippen molar-refractivity contribution < 1.29 is 18.6 Å². The third-order valence-corrected chi connectivity index (χ3v) is 13.0. The van der Waals surface area contributed by atoms with Crippen LogP contribution >= 0.6 is 0 Å². The third-order valence-electron chi connectivity index (χ3n) is 8.50. The van der Waals surface area contributed by atoms with Gasteiger partial charge >= 0.3 is 0 Å². The average Bonchev–Trinajstić information content (AvgIpc) is 3.00. The second kappa shape index (κ2) is 20.5. The van der Waals surface area contributed by atoms with Gasteiger partial charge in [-0.25, -0.2) is 0 Å². The van der Waals surface area contributed by atoms with E-state index in [1.165, 1.54) is 38.5 Å². The number of hydrogen-bond donors (Lipinski definition) is 0. The Morgan fingerprint density at radius 3 is 2.05 bits per heavy atom. The maximum absolute atomic E-state index is 6.98. The van der Waals surface area contributed by atoms with E-state index >= 15 is 0 Å². The Kier molecular flexibility index (Phi) is 17.5. The van der Waals surface area contributed by atoms with Gasteiger partial charge in [-0.3, -0.25) is 0 Å². The van der Waals surface area contributed by atoms with Crippen molar-refractivity contribution in [2.45, 2.75) is 142 Å². The van der Waals surface area contributed by atoms with Crippen LogP contribution in [-0.2, 0) is 27.1 Å². The zero-order valence-electron chi connectivity index (χ0n) is 28.6. The largest absolute Gasteiger partial charge is 0.497 e. The second-order valence-electron chi connectivity index (χ2n) is 13.3. The SMILES string of the molecule is C#C[C@@H](C[C@@H](C[C@@H](CC#CCCCCCCCC)O[Si](C)(C)C(C)(C)C)OCc1ccc(OC)cc1)OCc1ccccc1. The molecule has 0 aliphatic carbocycles. The van der Waals surface area contributed by atoms with Crippen molar-refractivity contribution in [3.05, 3.63) is 65.7 Å². The van der Waals surface area contributed by atoms with E-state index in [2.05, 4.69) is 70.7 Å². The molecule has 0 aromatic heterocycles. The van der Waals surface area contributed by atoms with Crippen molar-refractivity contribution in [3.8, 4) is 29.9 Å². The molecule has 2 aromatic rings. The average molecular weight is 619 g/mol. The summed E-state index contributed by atoms with van der Waals surface area (Å²) in [6.07, 6.45) is 16.0. The van der Waals surface area contributed by atoms with E-state index in [-0.39, 0.29) is 23.4 Å². The van der Waals surface area contributed by atoms with Gasteiger partial charge in [0.15, 0.2) is 8.32 Å². The first-order chi connectivity index (χ1) is 21.1. The highest BCUT2D eigenvalue weighted by Gasteiger charge is 2.39. The molecule has 4 nitrogen and oxygen atoms in total. The summed E-state index contributed by atoms with van der Waals surface area (Å²) in [6.45, 7) is 14.7. The highest BCUT2D eigenvalue weighted by Crippen LogP contribution is 2.38. The van der Waals surface area contributed by atoms with Crippen LogP contribution < -0.4 is 4.74 Å². The Morgan fingerprint density at radius 2 is 1.41 bits per heavy atom. The maximum atomic E-state index is 6.98. The Morgan fingerprint density at radius 1 is 0.773 bits per heavy atom. The zero-order valence-corrected chi connectivity index (χ0v) is 29.6. The van der Waals surface area contributed by atoms with Gasteiger partial charge in [0, 0.05) is 19.3 Å². The standard InChI is InChI=1S/C39H58O4Si/c1-9-11-12-13-14-15-16-17-21-24-37(43-44(7,8)39(3,4)5)30-38(42-32-34-25-27-36(40-6)28-26-34)29-35(10-2)41-31-33-22-19-18-20-23-33/h2,18-20,22-23,25-28,35,37-38H,9,11-16,24,29-32H2,1,3-8H3/t35-,37+,38-/m0/s1. The summed E-state index contributed by atoms with van der Waals surface area (Å²) in [5.74, 6) is 10.6. The molecule has 5 heteroatoms. The van der Waals surface area contributed by atoms with Crippen molar-refractivity contribution in [1.82, 2.24) is 0 Å². The minimum absolute atomic E-state index is 0.0404. The fraction of sp³-hybridized carbons (Fsp3) is 0.590. The molecule has 3 atom stereocenters. The van der Waals surface area contributed by atoms with Crippen LogP contribution in [0.3, 0.4) is 0 Å². The van der Waals surface area contributed by atoms with Gasteiger partial charge in [-0.1, -0.05) is 108 Å². The first-order valence-electron chi connectivity index (χ1n) is 16.6. The van der Waals surface area contributed by atoms with E-state index in [0.29, 0.717) is 32.5 Å². The minimum atomic E-state index is -2.04. The fourth-order valence-corrected chi connectivity index (χ4v) is 6.06. The molecule has 0 saturated carbocycles. The van der Waals surface area contributed by atoms with Gasteiger partial charge in [-0.2, -0.15) is 0 Å². The van der Waals surface area contributed by atoms with E-state index < -0.39 is 8.32 Å². The number of terminal acetylenes is 1. The molecular weight excluding hydrogens is 561 g/mol. The predicted molar refractivity (Wildman–Crippen MR) is 187 cm³/mol. The lowest BCUT2D eigenvalue weighted by molar-refractivity contribution is -0.0293. The van der Waals surface area contributed by atoms with Crippen molar-refractivity contribution in [2.24, 2.45) is 0 Å². The molecule has 0 spiro atoms. The molecule has 0 aliphatic rings. The molecular formula is C39H58O4Si. The van der Waals surface area contributed by atoms with Crippen LogP contribution in [0.5, 0.6) is 5.75 Å². The van der Waals surface area contributed by atoms with Crippen molar-refractivity contribution in [2.75, 3.05) is 7.11 Å². The Balaban J connectivity index is 2.16. The molecule has 0 saturated heterocycles. The van der Waals surface area contributed by atoms with Gasteiger partial charge in [0.1, 0.15) is 11.9 Å². The normalized spacial score (nSPS) is 13.8. The molecule has 2 rings (SSSR count). The lowest BCUT2D eigenvalue weighted by Gasteiger charge is -2.39. The van der Waals surface area contributed by atoms with E-state index in [0.717, 1.165) is 23.3 Å². The number of rotatable bonds is 20. The topological polar surface area (TPSA) is 36.9 Å². The molecule has 0 amide bonds. The maximum Gasteiger partial charge on any atom is 0.192 e. The Labute approximate surface area is 270 Å². The zero-order chi connectivity index (χ0) is 32.3. The molecule has 44 heavy (non-hydrogen) atoms. The second-order valence-corrected chi connectivity index (χ2v) is 18.0. The number of benzene rings is 2. The molecule has 0 radical (unpaired) electrons. The first-order valence-corrected chi connectivity index (χ1v) is 19.5. The van der Waals surface area contributed by atoms with Crippen LogP contribution in [0, 0.1) is 24.2 Å². The molecule has 0 heterocycles. The highest BCUT2D eigenvalue weighted by molar-refractivity contribution is 6.74. The number of methoxy groups -OCH3 is 1. The summed E-state index contributed by atoms with van der Waals surface area (Å²) in [5, 5.41) is 0.0940. The Bertz CT molecular complexity index is 1140. The van der Waals surface area contributed by atoms with Gasteiger partial charge in [-0.15, -0.1) is 18.3 Å². The lowest BCUT2D eigenvalue weighted by atomic mass is 10.0. The van der Waals surface area contributed by atoms with Crippen LogP contribution in [0.2, 0.25) is 18.1 Å². The van der Waals surface area contributed by atoms with E-state index in [1.54, 1.807) is 7.11 Å². The third kappa shape index (κ3) is 15.0. The number of ether oxygens (including phenoxy) is 3. The van der Waals surface area contributed by atoms with Crippen LogP contribution in [0.1, 0.15) is 103 Å². The van der Waals surface area contributed by atoms with Crippen molar-refractivity contribution in [1.29, 1.82) is 0 Å². The highest BCUT2D eigenvalue weighted by atomic mass is 28.4. The van der Waals surface area contributed by atoms with Gasteiger partial charge < -0.3 is 18.6 Å². The van der Waals surface area contributed by atoms with Crippen molar-refractivity contribution in [3.63, 3.8) is 0 Å². The fourth-order valence-electron chi connectivity index (χ4n) is 4.69. The molecule has 0 bridgehead atoms. The summed E-state index contributed by atoms with van der Waals surface area (Å²) >= 11 is 0. The van der Waals surface area contributed by atoms with Crippen LogP contribution in [0.25, 0.3) is 0 Å². The van der Waals surface area contributed by atoms with Crippen molar-refractivity contribution >= 4 is 8.32 Å². The molecule has 242 valence electrons. The smallest absolute Gasteiger partial charge is 0.192 e. The van der Waals surface area contributed by atoms with Gasteiger partial charge in [0.2, 0.25) is 0 Å². The quantitative estimate of drug-likeness (QED) is 0.0841. The summed E-state index contributed by atoms with van der Waals surface area (Å²) in [5.41, 5.74) is 2.18. The molecule has 0 aliphatic heterocycles. The van der Waals surface area contributed by atoms with Crippen LogP contribution in [0.15, 0.2) is 54.6 Å². The van der Waals surface area contributed by atoms with Gasteiger partial charge in [-0.05, 0) is 54.2 Å². The predicted octanol–water partition coefficient (Wildman–Crippen LogP) is 10.1. The van der Waals surface area contributed by atoms with E-state index in [4.69, 9.17) is 25.1 Å². The summed E-state index contributed by atoms with van der Waals surface area (Å²) in [4.78, 5) is 0. The molecule has 0 N–H and O–H groups in total. The lowest BCUT2D eigenvalue weighted by Crippen LogP contribution is -2.45. The molecule has 2 aromatic carbocycles. The first kappa shape index (κ1) is 37.6. The molecule has 0 unspecified atom stereocenters. The summed E-state index contributed by atoms with van der Waals surface area (Å²) < 4.78 is 25.1. The Hall–Kier alpha value is -2.54. The van der Waals surface area contributed by atoms with Gasteiger partial charge in [0.25, 0.3) is 0 Å². The minimum Gasteiger partial charge on any atom is -0.497 e. The monoisotopic (exact) mass is 618 g/mol. The van der Waals surface area contributed by atoms with E-state index in [9.17, 15) is 0 Å². The number of hydrogen-bond acceptors (Lipinski definition) is 4. The number of unbranched alkanes of at least 4 members (excludes halogenated alkanes) is 6. The summed E-state index contributed by atoms with van der Waals surface area (Å²) in [7, 11) is -0.366.